The van der Waals surface area contributed by atoms with Gasteiger partial charge in [-0.3, -0.25) is 4.79 Å². The van der Waals surface area contributed by atoms with Crippen LogP contribution in [0.3, 0.4) is 0 Å². The van der Waals surface area contributed by atoms with Gasteiger partial charge in [0.1, 0.15) is 23.1 Å². The molecule has 1 aliphatic heterocycles. The first-order valence-corrected chi connectivity index (χ1v) is 19.2. The number of ether oxygens (including phenoxy) is 3. The topological polar surface area (TPSA) is 74.3 Å². The predicted octanol–water partition coefficient (Wildman–Crippen LogP) is 7.75. The van der Waals surface area contributed by atoms with E-state index in [9.17, 15) is 9.59 Å². The maximum absolute atomic E-state index is 13.9. The second kappa shape index (κ2) is 13.6. The van der Waals surface area contributed by atoms with Crippen molar-refractivity contribution in [3.63, 3.8) is 0 Å². The normalized spacial score (nSPS) is 22.3. The van der Waals surface area contributed by atoms with Crippen LogP contribution in [0.5, 0.6) is 11.5 Å². The Kier molecular flexibility index (Phi) is 9.90. The third kappa shape index (κ3) is 6.83. The van der Waals surface area contributed by atoms with Crippen LogP contribution in [-0.2, 0) is 20.5 Å². The first-order chi connectivity index (χ1) is 22.3. The van der Waals surface area contributed by atoms with Crippen LogP contribution in [0.25, 0.3) is 11.1 Å². The molecule has 248 valence electrons. The van der Waals surface area contributed by atoms with Crippen LogP contribution in [-0.4, -0.2) is 57.6 Å². The smallest absolute Gasteiger partial charge is 0.338 e. The highest BCUT2D eigenvalue weighted by Crippen LogP contribution is 2.53. The van der Waals surface area contributed by atoms with Gasteiger partial charge in [-0.25, -0.2) is 4.79 Å². The van der Waals surface area contributed by atoms with Crippen LogP contribution in [0, 0.1) is 23.7 Å². The molecule has 3 aromatic rings. The number of fused-ring (bicyclic) bond motifs is 1. The lowest BCUT2D eigenvalue weighted by molar-refractivity contribution is -0.131. The lowest BCUT2D eigenvalue weighted by Gasteiger charge is -2.38. The minimum absolute atomic E-state index is 0.00103. The van der Waals surface area contributed by atoms with E-state index in [1.54, 1.807) is 21.1 Å². The molecule has 2 fully saturated rings. The van der Waals surface area contributed by atoms with Gasteiger partial charge in [0.15, 0.2) is 8.32 Å². The summed E-state index contributed by atoms with van der Waals surface area (Å²) in [4.78, 5) is 29.4. The van der Waals surface area contributed by atoms with Crippen LogP contribution in [0.4, 0.5) is 0 Å². The molecule has 0 spiro atoms. The molecule has 5 rings (SSSR count). The maximum atomic E-state index is 13.9. The van der Waals surface area contributed by atoms with Gasteiger partial charge in [0.2, 0.25) is 5.91 Å². The monoisotopic (exact) mass is 653 g/mol. The standard InChI is InChI=1S/C39H47NO6Si/c1-9-21-39-24-35(46-37(42)29-17-15-28(16-18-29)27-13-11-10-12-14-27)32(26-45-47(7,8)38(2,3)4)33(39)23-36(41)40(39)25-30-19-20-31(43-5)22-34(30)44-6/h10-20,22,32-33,35H,23-26H2,1-8H3. The molecule has 0 N–H and O–H groups in total. The van der Waals surface area contributed by atoms with Gasteiger partial charge in [-0.1, -0.05) is 69.2 Å². The van der Waals surface area contributed by atoms with E-state index in [0.29, 0.717) is 43.1 Å². The molecular formula is C39H47NO6Si. The lowest BCUT2D eigenvalue weighted by Crippen LogP contribution is -2.46. The SMILES string of the molecule is CC#CC12CC(OC(=O)c3ccc(-c4ccccc4)cc3)C(CO[Si](C)(C)C(C)(C)C)C1CC(=O)N2Cc1ccc(OC)cc1OC. The second-order valence-corrected chi connectivity index (χ2v) is 18.9. The molecule has 1 heterocycles. The summed E-state index contributed by atoms with van der Waals surface area (Å²) in [5, 5.41) is 0.00103. The summed E-state index contributed by atoms with van der Waals surface area (Å²) in [5.74, 6) is 7.16. The van der Waals surface area contributed by atoms with Crippen molar-refractivity contribution in [2.75, 3.05) is 20.8 Å². The van der Waals surface area contributed by atoms with E-state index in [1.807, 2.05) is 77.7 Å². The van der Waals surface area contributed by atoms with E-state index in [0.717, 1.165) is 16.7 Å². The molecular weight excluding hydrogens is 607 g/mol. The average molecular weight is 654 g/mol. The van der Waals surface area contributed by atoms with E-state index in [4.69, 9.17) is 18.6 Å². The number of rotatable bonds is 10. The largest absolute Gasteiger partial charge is 0.497 e. The molecule has 0 bridgehead atoms. The van der Waals surface area contributed by atoms with Crippen molar-refractivity contribution < 1.29 is 28.2 Å². The van der Waals surface area contributed by atoms with Gasteiger partial charge in [-0.2, -0.15) is 0 Å². The summed E-state index contributed by atoms with van der Waals surface area (Å²) in [6.07, 6.45) is 0.223. The van der Waals surface area contributed by atoms with E-state index < -0.39 is 20.0 Å². The lowest BCUT2D eigenvalue weighted by atomic mass is 9.84. The van der Waals surface area contributed by atoms with Gasteiger partial charge in [-0.05, 0) is 60.4 Å². The first kappa shape index (κ1) is 34.3. The summed E-state index contributed by atoms with van der Waals surface area (Å²) in [7, 11) is 1.07. The number of amides is 1. The number of hydrogen-bond donors (Lipinski definition) is 0. The molecule has 1 saturated heterocycles. The number of methoxy groups -OCH3 is 2. The molecule has 0 radical (unpaired) electrons. The summed E-state index contributed by atoms with van der Waals surface area (Å²) in [6, 6.07) is 23.2. The molecule has 1 saturated carbocycles. The number of hydrogen-bond acceptors (Lipinski definition) is 6. The van der Waals surface area contributed by atoms with Crippen molar-refractivity contribution in [1.82, 2.24) is 4.90 Å². The first-order valence-electron chi connectivity index (χ1n) is 16.3. The Morgan fingerprint density at radius 2 is 1.66 bits per heavy atom. The molecule has 2 aliphatic rings. The minimum atomic E-state index is -2.15. The third-order valence-corrected chi connectivity index (χ3v) is 14.9. The Bertz CT molecular complexity index is 1650. The van der Waals surface area contributed by atoms with E-state index >= 15 is 0 Å². The quantitative estimate of drug-likeness (QED) is 0.127. The van der Waals surface area contributed by atoms with Gasteiger partial charge in [0.05, 0.1) is 26.3 Å². The predicted molar refractivity (Wildman–Crippen MR) is 187 cm³/mol. The fourth-order valence-corrected chi connectivity index (χ4v) is 7.73. The van der Waals surface area contributed by atoms with Crippen LogP contribution >= 0.6 is 0 Å². The van der Waals surface area contributed by atoms with Crippen molar-refractivity contribution in [2.24, 2.45) is 11.8 Å². The number of likely N-dealkylation sites (tertiary alicyclic amines) is 1. The summed E-state index contributed by atoms with van der Waals surface area (Å²) in [5.41, 5.74) is 2.63. The van der Waals surface area contributed by atoms with Crippen LogP contribution in [0.15, 0.2) is 72.8 Å². The highest BCUT2D eigenvalue weighted by atomic mass is 28.4. The van der Waals surface area contributed by atoms with Crippen molar-refractivity contribution >= 4 is 20.2 Å². The van der Waals surface area contributed by atoms with E-state index in [2.05, 4.69) is 45.7 Å². The van der Waals surface area contributed by atoms with Crippen molar-refractivity contribution in [2.45, 2.75) is 76.9 Å². The third-order valence-electron chi connectivity index (χ3n) is 10.4. The Balaban J connectivity index is 1.47. The number of carbonyl (C=O) groups excluding carboxylic acids is 2. The zero-order valence-electron chi connectivity index (χ0n) is 28.9. The second-order valence-electron chi connectivity index (χ2n) is 14.1. The molecule has 1 aliphatic carbocycles. The van der Waals surface area contributed by atoms with Gasteiger partial charge < -0.3 is 23.5 Å². The van der Waals surface area contributed by atoms with Crippen LogP contribution in [0.2, 0.25) is 18.1 Å². The molecule has 8 heteroatoms. The van der Waals surface area contributed by atoms with Gasteiger partial charge >= 0.3 is 5.97 Å². The Morgan fingerprint density at radius 1 is 0.979 bits per heavy atom. The molecule has 0 aromatic heterocycles. The fourth-order valence-electron chi connectivity index (χ4n) is 6.69. The Morgan fingerprint density at radius 3 is 2.28 bits per heavy atom. The summed E-state index contributed by atoms with van der Waals surface area (Å²) in [6.45, 7) is 13.6. The van der Waals surface area contributed by atoms with E-state index in [1.165, 1.54) is 0 Å². The molecule has 4 unspecified atom stereocenters. The Hall–Kier alpha value is -4.06. The zero-order chi connectivity index (χ0) is 34.0. The molecule has 47 heavy (non-hydrogen) atoms. The maximum Gasteiger partial charge on any atom is 0.338 e. The molecule has 4 atom stereocenters. The van der Waals surface area contributed by atoms with Gasteiger partial charge in [0.25, 0.3) is 0 Å². The highest BCUT2D eigenvalue weighted by Gasteiger charge is 2.63. The summed E-state index contributed by atoms with van der Waals surface area (Å²) < 4.78 is 24.2. The zero-order valence-corrected chi connectivity index (χ0v) is 29.9. The fraction of sp³-hybridized carbons (Fsp3) is 0.436. The van der Waals surface area contributed by atoms with Crippen LogP contribution < -0.4 is 9.47 Å². The average Bonchev–Trinajstić information content (AvgIpc) is 3.47. The molecule has 1 amide bonds. The summed E-state index contributed by atoms with van der Waals surface area (Å²) >= 11 is 0. The van der Waals surface area contributed by atoms with Gasteiger partial charge in [0, 0.05) is 42.9 Å². The van der Waals surface area contributed by atoms with Crippen molar-refractivity contribution in [1.29, 1.82) is 0 Å². The number of nitrogens with zero attached hydrogens (tertiary/aromatic N) is 1. The van der Waals surface area contributed by atoms with Crippen molar-refractivity contribution in [3.8, 4) is 34.5 Å². The minimum Gasteiger partial charge on any atom is -0.497 e. The van der Waals surface area contributed by atoms with Crippen LogP contribution in [0.1, 0.15) is 56.5 Å². The number of benzene rings is 3. The molecule has 7 nitrogen and oxygen atoms in total. The molecule has 3 aromatic carbocycles. The highest BCUT2D eigenvalue weighted by molar-refractivity contribution is 6.74. The van der Waals surface area contributed by atoms with E-state index in [-0.39, 0.29) is 28.8 Å². The van der Waals surface area contributed by atoms with Gasteiger partial charge in [-0.15, -0.1) is 5.92 Å². The van der Waals surface area contributed by atoms with Crippen molar-refractivity contribution in [3.05, 3.63) is 83.9 Å². The number of carbonyl (C=O) groups is 2. The Labute approximate surface area is 280 Å². The number of esters is 1.